The second-order valence-electron chi connectivity index (χ2n) is 3.42. The molecule has 0 N–H and O–H groups in total. The average Bonchev–Trinajstić information content (AvgIpc) is 3.12. The molecule has 19 heavy (non-hydrogen) atoms. The van der Waals surface area contributed by atoms with Gasteiger partial charge in [-0.25, -0.2) is 9.97 Å². The van der Waals surface area contributed by atoms with E-state index < -0.39 is 0 Å². The summed E-state index contributed by atoms with van der Waals surface area (Å²) in [6.45, 7) is 0. The molecule has 2 heterocycles. The molecule has 3 nitrogen and oxygen atoms in total. The predicted molar refractivity (Wildman–Crippen MR) is 82.8 cm³/mol. The van der Waals surface area contributed by atoms with Crippen LogP contribution in [-0.4, -0.2) is 16.3 Å². The normalized spacial score (nSPS) is 9.53. The number of halogens is 1. The first-order chi connectivity index (χ1) is 9.29. The van der Waals surface area contributed by atoms with E-state index in [1.54, 1.807) is 45.8 Å². The molecule has 0 aliphatic heterocycles. The monoisotopic (exact) mass is 352 g/mol. The van der Waals surface area contributed by atoms with Crippen molar-refractivity contribution in [2.45, 2.75) is 0 Å². The zero-order chi connectivity index (χ0) is 13.5. The van der Waals surface area contributed by atoms with E-state index in [1.807, 2.05) is 22.9 Å². The van der Waals surface area contributed by atoms with Gasteiger partial charge in [-0.2, -0.15) is 0 Å². The van der Waals surface area contributed by atoms with Crippen LogP contribution < -0.4 is 0 Å². The number of nitrogens with zero attached hydrogens (tertiary/aromatic N) is 2. The Bertz CT molecular complexity index is 607. The Labute approximate surface area is 127 Å². The molecule has 3 aromatic rings. The molecular weight excluding hydrogens is 344 g/mol. The summed E-state index contributed by atoms with van der Waals surface area (Å²) in [5.41, 5.74) is 6.28. The Morgan fingerprint density at radius 3 is 2.11 bits per heavy atom. The number of carbonyl (C=O) groups excluding carboxylic acids is 1. The van der Waals surface area contributed by atoms with Crippen LogP contribution in [0.5, 0.6) is 0 Å². The third-order valence-corrected chi connectivity index (χ3v) is 4.09. The zero-order valence-corrected chi connectivity index (χ0v) is 12.9. The Morgan fingerprint density at radius 1 is 1.00 bits per heavy atom. The van der Waals surface area contributed by atoms with Gasteiger partial charge in [0, 0.05) is 21.9 Å². The highest BCUT2D eigenvalue weighted by atomic mass is 79.9. The standard InChI is InChI=1S/C10H7NOS.C3H2BrNS/c12-5-8-1-3-9(4-2-8)10-6-13-7-11-10;4-3-1-6-2-5-3/h1-7H;1-2H. The third kappa shape index (κ3) is 4.34. The first-order valence-electron chi connectivity index (χ1n) is 5.27. The van der Waals surface area contributed by atoms with Gasteiger partial charge in [0.2, 0.25) is 0 Å². The number of aromatic nitrogens is 2. The number of hydrogen-bond donors (Lipinski definition) is 0. The van der Waals surface area contributed by atoms with Crippen molar-refractivity contribution < 1.29 is 4.79 Å². The van der Waals surface area contributed by atoms with Crippen LogP contribution in [0.3, 0.4) is 0 Å². The van der Waals surface area contributed by atoms with Gasteiger partial charge in [-0.3, -0.25) is 4.79 Å². The van der Waals surface area contributed by atoms with Crippen molar-refractivity contribution in [3.8, 4) is 11.3 Å². The Hall–Kier alpha value is -1.37. The Morgan fingerprint density at radius 2 is 1.68 bits per heavy atom. The van der Waals surface area contributed by atoms with E-state index in [0.717, 1.165) is 22.1 Å². The van der Waals surface area contributed by atoms with Crippen LogP contribution in [0.2, 0.25) is 0 Å². The van der Waals surface area contributed by atoms with Crippen molar-refractivity contribution in [2.75, 3.05) is 0 Å². The molecule has 3 rings (SSSR count). The molecule has 0 fully saturated rings. The number of thiazole rings is 2. The lowest BCUT2D eigenvalue weighted by Gasteiger charge is -1.95. The average molecular weight is 353 g/mol. The summed E-state index contributed by atoms with van der Waals surface area (Å²) >= 11 is 6.33. The molecule has 96 valence electrons. The van der Waals surface area contributed by atoms with Crippen molar-refractivity contribution in [1.29, 1.82) is 0 Å². The fourth-order valence-corrected chi connectivity index (χ4v) is 2.82. The van der Waals surface area contributed by atoms with Gasteiger partial charge in [-0.1, -0.05) is 24.3 Å². The van der Waals surface area contributed by atoms with Crippen molar-refractivity contribution in [1.82, 2.24) is 9.97 Å². The van der Waals surface area contributed by atoms with Gasteiger partial charge < -0.3 is 0 Å². The van der Waals surface area contributed by atoms with Crippen LogP contribution in [0.1, 0.15) is 10.4 Å². The molecule has 0 saturated carbocycles. The predicted octanol–water partition coefficient (Wildman–Crippen LogP) is 4.53. The summed E-state index contributed by atoms with van der Waals surface area (Å²) in [6.07, 6.45) is 0.838. The minimum absolute atomic E-state index is 0.693. The van der Waals surface area contributed by atoms with Gasteiger partial charge in [0.05, 0.1) is 16.7 Å². The molecule has 0 atom stereocenters. The van der Waals surface area contributed by atoms with E-state index >= 15 is 0 Å². The van der Waals surface area contributed by atoms with E-state index in [1.165, 1.54) is 0 Å². The number of benzene rings is 1. The molecular formula is C13H9BrN2OS2. The van der Waals surface area contributed by atoms with Gasteiger partial charge in [-0.05, 0) is 15.9 Å². The van der Waals surface area contributed by atoms with Crippen molar-refractivity contribution in [3.63, 3.8) is 0 Å². The SMILES string of the molecule is Brc1cscn1.O=Cc1ccc(-c2cscn2)cc1. The fourth-order valence-electron chi connectivity index (χ4n) is 1.29. The quantitative estimate of drug-likeness (QED) is 0.636. The highest BCUT2D eigenvalue weighted by Crippen LogP contribution is 2.18. The van der Waals surface area contributed by atoms with Gasteiger partial charge in [0.15, 0.2) is 0 Å². The molecule has 2 aromatic heterocycles. The largest absolute Gasteiger partial charge is 0.298 e. The van der Waals surface area contributed by atoms with Crippen LogP contribution in [0, 0.1) is 0 Å². The van der Waals surface area contributed by atoms with Crippen molar-refractivity contribution in [3.05, 3.63) is 56.2 Å². The van der Waals surface area contributed by atoms with E-state index in [4.69, 9.17) is 0 Å². The summed E-state index contributed by atoms with van der Waals surface area (Å²) in [6, 6.07) is 7.39. The maximum absolute atomic E-state index is 10.4. The zero-order valence-electron chi connectivity index (χ0n) is 9.69. The highest BCUT2D eigenvalue weighted by molar-refractivity contribution is 9.10. The molecule has 0 aliphatic rings. The van der Waals surface area contributed by atoms with Gasteiger partial charge in [0.1, 0.15) is 10.9 Å². The van der Waals surface area contributed by atoms with Crippen molar-refractivity contribution >= 4 is 44.9 Å². The number of carbonyl (C=O) groups is 1. The summed E-state index contributed by atoms with van der Waals surface area (Å²) < 4.78 is 0.924. The second kappa shape index (κ2) is 7.28. The molecule has 0 amide bonds. The summed E-state index contributed by atoms with van der Waals surface area (Å²) in [5.74, 6) is 0. The molecule has 0 bridgehead atoms. The Kier molecular flexibility index (Phi) is 5.38. The van der Waals surface area contributed by atoms with Crippen LogP contribution in [0.4, 0.5) is 0 Å². The summed E-state index contributed by atoms with van der Waals surface area (Å²) in [5, 5.41) is 3.91. The number of hydrogen-bond acceptors (Lipinski definition) is 5. The van der Waals surface area contributed by atoms with Crippen LogP contribution >= 0.6 is 38.6 Å². The smallest absolute Gasteiger partial charge is 0.150 e. The lowest BCUT2D eigenvalue weighted by atomic mass is 10.1. The summed E-state index contributed by atoms with van der Waals surface area (Å²) in [7, 11) is 0. The third-order valence-electron chi connectivity index (χ3n) is 2.18. The van der Waals surface area contributed by atoms with Gasteiger partial charge in [0.25, 0.3) is 0 Å². The van der Waals surface area contributed by atoms with Gasteiger partial charge in [-0.15, -0.1) is 22.7 Å². The molecule has 0 unspecified atom stereocenters. The molecule has 0 aliphatic carbocycles. The summed E-state index contributed by atoms with van der Waals surface area (Å²) in [4.78, 5) is 18.4. The van der Waals surface area contributed by atoms with Gasteiger partial charge >= 0.3 is 0 Å². The van der Waals surface area contributed by atoms with E-state index in [0.29, 0.717) is 5.56 Å². The molecule has 6 heteroatoms. The lowest BCUT2D eigenvalue weighted by Crippen LogP contribution is -1.80. The van der Waals surface area contributed by atoms with Crippen molar-refractivity contribution in [2.24, 2.45) is 0 Å². The minimum Gasteiger partial charge on any atom is -0.298 e. The lowest BCUT2D eigenvalue weighted by molar-refractivity contribution is 0.112. The maximum atomic E-state index is 10.4. The molecule has 0 radical (unpaired) electrons. The number of aldehydes is 1. The maximum Gasteiger partial charge on any atom is 0.150 e. The van der Waals surface area contributed by atoms with E-state index in [-0.39, 0.29) is 0 Å². The minimum atomic E-state index is 0.693. The second-order valence-corrected chi connectivity index (χ2v) is 5.67. The first-order valence-corrected chi connectivity index (χ1v) is 7.95. The molecule has 1 aromatic carbocycles. The molecule has 0 spiro atoms. The first kappa shape index (κ1) is 14.0. The van der Waals surface area contributed by atoms with Crippen LogP contribution in [0.15, 0.2) is 50.6 Å². The highest BCUT2D eigenvalue weighted by Gasteiger charge is 1.98. The van der Waals surface area contributed by atoms with E-state index in [2.05, 4.69) is 25.9 Å². The van der Waals surface area contributed by atoms with Crippen LogP contribution in [-0.2, 0) is 0 Å². The molecule has 0 saturated heterocycles. The van der Waals surface area contributed by atoms with E-state index in [9.17, 15) is 4.79 Å². The number of rotatable bonds is 2. The Balaban J connectivity index is 0.000000186. The fraction of sp³-hybridized carbons (Fsp3) is 0. The topological polar surface area (TPSA) is 42.9 Å². The van der Waals surface area contributed by atoms with Crippen LogP contribution in [0.25, 0.3) is 11.3 Å².